The van der Waals surface area contributed by atoms with Crippen LogP contribution in [-0.2, 0) is 32.0 Å². The molecule has 0 aliphatic carbocycles. The maximum atomic E-state index is 13.4. The molecule has 0 aliphatic heterocycles. The van der Waals surface area contributed by atoms with E-state index in [1.54, 1.807) is 32.2 Å². The van der Waals surface area contributed by atoms with Crippen molar-refractivity contribution < 1.29 is 34.5 Å². The summed E-state index contributed by atoms with van der Waals surface area (Å²) in [5.74, 6) is -3.89. The number of aliphatic carboxylic acids is 1. The Labute approximate surface area is 237 Å². The molecule has 12 heteroatoms. The summed E-state index contributed by atoms with van der Waals surface area (Å²) in [6.45, 7) is 4.66. The molecule has 0 aliphatic rings. The van der Waals surface area contributed by atoms with E-state index in [0.29, 0.717) is 5.56 Å². The van der Waals surface area contributed by atoms with Crippen molar-refractivity contribution in [1.29, 1.82) is 0 Å². The summed E-state index contributed by atoms with van der Waals surface area (Å²) < 4.78 is 0. The molecule has 12 nitrogen and oxygen atoms in total. The highest BCUT2D eigenvalue weighted by Gasteiger charge is 2.33. The predicted molar refractivity (Wildman–Crippen MR) is 152 cm³/mol. The monoisotopic (exact) mass is 567 g/mol. The van der Waals surface area contributed by atoms with E-state index in [0.717, 1.165) is 16.5 Å². The van der Waals surface area contributed by atoms with E-state index >= 15 is 0 Å². The maximum Gasteiger partial charge on any atom is 0.328 e. The molecular weight excluding hydrogens is 530 g/mol. The van der Waals surface area contributed by atoms with Gasteiger partial charge in [-0.05, 0) is 48.6 Å². The normalized spacial score (nSPS) is 15.0. The van der Waals surface area contributed by atoms with Gasteiger partial charge in [0.2, 0.25) is 17.7 Å². The second kappa shape index (κ2) is 13.8. The Morgan fingerprint density at radius 1 is 0.854 bits per heavy atom. The van der Waals surface area contributed by atoms with Crippen LogP contribution in [0.1, 0.15) is 31.9 Å². The number of carboxylic acid groups (broad SMARTS) is 1. The summed E-state index contributed by atoms with van der Waals surface area (Å²) in [5.41, 5.74) is 8.53. The largest absolute Gasteiger partial charge is 0.508 e. The number of aliphatic hydroxyl groups excluding tert-OH is 1. The molecule has 3 amide bonds. The Hall–Kier alpha value is -4.42. The molecule has 9 N–H and O–H groups in total. The lowest BCUT2D eigenvalue weighted by Gasteiger charge is -2.27. The average molecular weight is 568 g/mol. The minimum atomic E-state index is -1.61. The zero-order chi connectivity index (χ0) is 30.3. The highest BCUT2D eigenvalue weighted by atomic mass is 16.4. The molecule has 0 bridgehead atoms. The van der Waals surface area contributed by atoms with Gasteiger partial charge in [-0.1, -0.05) is 44.2 Å². The molecule has 1 heterocycles. The summed E-state index contributed by atoms with van der Waals surface area (Å²) in [6.07, 6.45) is 0.560. The molecule has 0 fully saturated rings. The predicted octanol–water partition coefficient (Wildman–Crippen LogP) is 0.562. The number of hydrogen-bond acceptors (Lipinski definition) is 7. The van der Waals surface area contributed by atoms with Crippen LogP contribution in [0.5, 0.6) is 5.75 Å². The Bertz CT molecular complexity index is 1370. The number of H-pyrrole nitrogens is 1. The number of para-hydroxylation sites is 1. The number of phenols is 1. The fraction of sp³-hybridized carbons (Fsp3) is 0.379. The number of carboxylic acids is 1. The van der Waals surface area contributed by atoms with Crippen molar-refractivity contribution in [3.63, 3.8) is 0 Å². The highest BCUT2D eigenvalue weighted by molar-refractivity contribution is 5.94. The molecule has 220 valence electrons. The molecule has 3 rings (SSSR count). The van der Waals surface area contributed by atoms with Crippen molar-refractivity contribution in [2.45, 2.75) is 63.9 Å². The Balaban J connectivity index is 1.75. The molecule has 41 heavy (non-hydrogen) atoms. The van der Waals surface area contributed by atoms with E-state index in [-0.39, 0.29) is 24.5 Å². The van der Waals surface area contributed by atoms with Crippen LogP contribution in [0.2, 0.25) is 0 Å². The van der Waals surface area contributed by atoms with Crippen LogP contribution in [0.4, 0.5) is 0 Å². The molecule has 5 atom stereocenters. The van der Waals surface area contributed by atoms with Crippen molar-refractivity contribution in [3.8, 4) is 5.75 Å². The number of aliphatic hydroxyl groups is 1. The van der Waals surface area contributed by atoms with Gasteiger partial charge in [0, 0.05) is 23.5 Å². The molecule has 0 spiro atoms. The fourth-order valence-corrected chi connectivity index (χ4v) is 4.41. The first-order valence-corrected chi connectivity index (χ1v) is 13.3. The summed E-state index contributed by atoms with van der Waals surface area (Å²) in [6, 6.07) is 8.65. The lowest BCUT2D eigenvalue weighted by atomic mass is 9.99. The first-order chi connectivity index (χ1) is 19.4. The van der Waals surface area contributed by atoms with E-state index < -0.39 is 54.0 Å². The number of amides is 3. The van der Waals surface area contributed by atoms with E-state index in [1.807, 2.05) is 24.3 Å². The van der Waals surface area contributed by atoms with E-state index in [9.17, 15) is 34.5 Å². The lowest BCUT2D eigenvalue weighted by Crippen LogP contribution is -2.59. The summed E-state index contributed by atoms with van der Waals surface area (Å²) >= 11 is 0. The van der Waals surface area contributed by atoms with Gasteiger partial charge in [-0.2, -0.15) is 0 Å². The minimum absolute atomic E-state index is 0.00499. The lowest BCUT2D eigenvalue weighted by molar-refractivity contribution is -0.145. The van der Waals surface area contributed by atoms with Gasteiger partial charge >= 0.3 is 5.97 Å². The second-order valence-corrected chi connectivity index (χ2v) is 10.4. The third kappa shape index (κ3) is 8.29. The standard InChI is InChI=1S/C29H37N5O7/c1-15(2)24(33-26(37)21(30)13-18-14-31-22-7-5-4-6-20(18)22)28(39)32-23(12-17-8-10-19(36)11-9-17)27(38)34-25(16(3)35)29(40)41/h4-11,14-16,21,23-25,31,35-36H,12-13,30H2,1-3H3,(H,32,39)(H,33,37)(H,34,38)(H,40,41). The van der Waals surface area contributed by atoms with Crippen LogP contribution in [0.3, 0.4) is 0 Å². The van der Waals surface area contributed by atoms with E-state index in [1.165, 1.54) is 19.1 Å². The number of aromatic amines is 1. The quantitative estimate of drug-likeness (QED) is 0.146. The third-order valence-electron chi connectivity index (χ3n) is 6.75. The van der Waals surface area contributed by atoms with E-state index in [4.69, 9.17) is 5.73 Å². The number of hydrogen-bond donors (Lipinski definition) is 8. The van der Waals surface area contributed by atoms with Gasteiger partial charge in [0.1, 0.15) is 17.8 Å². The van der Waals surface area contributed by atoms with E-state index in [2.05, 4.69) is 20.9 Å². The van der Waals surface area contributed by atoms with Crippen LogP contribution in [0.15, 0.2) is 54.7 Å². The zero-order valence-corrected chi connectivity index (χ0v) is 23.1. The van der Waals surface area contributed by atoms with Crippen LogP contribution in [0, 0.1) is 5.92 Å². The van der Waals surface area contributed by atoms with Gasteiger partial charge in [-0.15, -0.1) is 0 Å². The van der Waals surface area contributed by atoms with Gasteiger partial charge in [-0.25, -0.2) is 4.79 Å². The summed E-state index contributed by atoms with van der Waals surface area (Å²) in [4.78, 5) is 54.2. The van der Waals surface area contributed by atoms with Crippen molar-refractivity contribution in [1.82, 2.24) is 20.9 Å². The second-order valence-electron chi connectivity index (χ2n) is 10.4. The molecule has 0 saturated heterocycles. The number of aromatic nitrogens is 1. The number of nitrogens with one attached hydrogen (secondary N) is 4. The summed E-state index contributed by atoms with van der Waals surface area (Å²) in [7, 11) is 0. The van der Waals surface area contributed by atoms with Crippen molar-refractivity contribution in [2.75, 3.05) is 0 Å². The first-order valence-electron chi connectivity index (χ1n) is 13.3. The minimum Gasteiger partial charge on any atom is -0.508 e. The van der Waals surface area contributed by atoms with Crippen molar-refractivity contribution in [3.05, 3.63) is 65.9 Å². The van der Waals surface area contributed by atoms with Crippen LogP contribution >= 0.6 is 0 Å². The number of phenolic OH excluding ortho intramolecular Hbond substituents is 1. The molecule has 3 aromatic rings. The number of nitrogens with two attached hydrogens (primary N) is 1. The van der Waals surface area contributed by atoms with Crippen LogP contribution < -0.4 is 21.7 Å². The number of carbonyl (C=O) groups is 4. The molecule has 0 saturated carbocycles. The molecule has 2 aromatic carbocycles. The molecular formula is C29H37N5O7. The number of rotatable bonds is 13. The Morgan fingerprint density at radius 2 is 1.49 bits per heavy atom. The van der Waals surface area contributed by atoms with Crippen LogP contribution in [-0.4, -0.2) is 74.3 Å². The Kier molecular flexibility index (Phi) is 10.5. The number of benzene rings is 2. The molecule has 1 aromatic heterocycles. The number of fused-ring (bicyclic) bond motifs is 1. The molecule has 0 radical (unpaired) electrons. The van der Waals surface area contributed by atoms with Crippen molar-refractivity contribution >= 4 is 34.6 Å². The SMILES string of the molecule is CC(C)C(NC(=O)C(N)Cc1c[nH]c2ccccc12)C(=O)NC(Cc1ccc(O)cc1)C(=O)NC(C(=O)O)C(C)O. The van der Waals surface area contributed by atoms with Gasteiger partial charge in [0.25, 0.3) is 0 Å². The first kappa shape index (κ1) is 31.1. The maximum absolute atomic E-state index is 13.4. The molecule has 5 unspecified atom stereocenters. The van der Waals surface area contributed by atoms with Gasteiger partial charge in [-0.3, -0.25) is 14.4 Å². The van der Waals surface area contributed by atoms with Crippen LogP contribution in [0.25, 0.3) is 10.9 Å². The topological polar surface area (TPSA) is 207 Å². The zero-order valence-electron chi connectivity index (χ0n) is 23.1. The smallest absolute Gasteiger partial charge is 0.328 e. The van der Waals surface area contributed by atoms with Gasteiger partial charge in [0.05, 0.1) is 12.1 Å². The highest BCUT2D eigenvalue weighted by Crippen LogP contribution is 2.19. The van der Waals surface area contributed by atoms with Gasteiger partial charge in [0.15, 0.2) is 6.04 Å². The average Bonchev–Trinajstić information content (AvgIpc) is 3.32. The Morgan fingerprint density at radius 3 is 2.10 bits per heavy atom. The van der Waals surface area contributed by atoms with Gasteiger partial charge < -0.3 is 42.0 Å². The number of carbonyl (C=O) groups excluding carboxylic acids is 3. The number of aromatic hydroxyl groups is 1. The summed E-state index contributed by atoms with van der Waals surface area (Å²) in [5, 5.41) is 37.3. The fourth-order valence-electron chi connectivity index (χ4n) is 4.41. The van der Waals surface area contributed by atoms with Crippen molar-refractivity contribution in [2.24, 2.45) is 11.7 Å². The third-order valence-corrected chi connectivity index (χ3v) is 6.75.